The summed E-state index contributed by atoms with van der Waals surface area (Å²) in [4.78, 5) is 26.6. The Labute approximate surface area is 194 Å². The maximum absolute atomic E-state index is 12.6. The summed E-state index contributed by atoms with van der Waals surface area (Å²) in [7, 11) is 4.66. The van der Waals surface area contributed by atoms with E-state index in [-0.39, 0.29) is 25.1 Å². The number of rotatable bonds is 9. The minimum Gasteiger partial charge on any atom is -0.493 e. The van der Waals surface area contributed by atoms with E-state index >= 15 is 0 Å². The van der Waals surface area contributed by atoms with Crippen molar-refractivity contribution in [2.75, 3.05) is 41.0 Å². The Kier molecular flexibility index (Phi) is 8.80. The molecule has 0 spiro atoms. The van der Waals surface area contributed by atoms with Crippen molar-refractivity contribution < 1.29 is 33.3 Å². The molecule has 2 aromatic carbocycles. The normalized spacial score (nSPS) is 15.5. The molecule has 0 saturated carbocycles. The highest BCUT2D eigenvalue weighted by Crippen LogP contribution is 2.38. The van der Waals surface area contributed by atoms with Crippen LogP contribution in [0.2, 0.25) is 0 Å². The van der Waals surface area contributed by atoms with E-state index in [9.17, 15) is 9.59 Å². The topological polar surface area (TPSA) is 83.5 Å². The van der Waals surface area contributed by atoms with Crippen LogP contribution in [0.1, 0.15) is 24.0 Å². The highest BCUT2D eigenvalue weighted by molar-refractivity contribution is 5.75. The lowest BCUT2D eigenvalue weighted by Crippen LogP contribution is -2.43. The second-order valence-electron chi connectivity index (χ2n) is 7.78. The molecular weight excluding hydrogens is 426 g/mol. The minimum absolute atomic E-state index is 0.208. The van der Waals surface area contributed by atoms with Crippen LogP contribution in [-0.4, -0.2) is 58.0 Å². The van der Waals surface area contributed by atoms with E-state index in [1.54, 1.807) is 26.2 Å². The van der Waals surface area contributed by atoms with E-state index in [1.165, 1.54) is 0 Å². The molecule has 1 saturated heterocycles. The number of amides is 1. The number of hydrogen-bond acceptors (Lipinski definition) is 7. The Balaban J connectivity index is 1.48. The number of nitrogens with zero attached hydrogens (tertiary/aromatic N) is 1. The molecule has 178 valence electrons. The molecule has 1 aliphatic heterocycles. The number of piperidine rings is 1. The fourth-order valence-corrected chi connectivity index (χ4v) is 3.81. The van der Waals surface area contributed by atoms with Crippen molar-refractivity contribution in [3.05, 3.63) is 53.6 Å². The van der Waals surface area contributed by atoms with E-state index in [0.29, 0.717) is 43.2 Å². The van der Waals surface area contributed by atoms with Gasteiger partial charge in [-0.25, -0.2) is 4.79 Å². The molecule has 0 aromatic heterocycles. The number of carbonyl (C=O) groups excluding carboxylic acids is 2. The number of likely N-dealkylation sites (tertiary alicyclic amines) is 1. The van der Waals surface area contributed by atoms with E-state index < -0.39 is 6.09 Å². The summed E-state index contributed by atoms with van der Waals surface area (Å²) in [6.45, 7) is 1.30. The SMILES string of the molecule is COc1cc(CCOC(=O)C2CCCN(C(=O)OCc3ccccc3)C2)cc(OC)c1OC. The zero-order valence-corrected chi connectivity index (χ0v) is 19.4. The number of methoxy groups -OCH3 is 3. The third-order valence-electron chi connectivity index (χ3n) is 5.58. The highest BCUT2D eigenvalue weighted by Gasteiger charge is 2.30. The van der Waals surface area contributed by atoms with Crippen LogP contribution >= 0.6 is 0 Å². The maximum atomic E-state index is 12.6. The second-order valence-corrected chi connectivity index (χ2v) is 7.78. The summed E-state index contributed by atoms with van der Waals surface area (Å²) >= 11 is 0. The first-order valence-corrected chi connectivity index (χ1v) is 11.0. The van der Waals surface area contributed by atoms with Crippen LogP contribution in [0.15, 0.2) is 42.5 Å². The molecule has 8 heteroatoms. The molecule has 0 bridgehead atoms. The molecule has 1 unspecified atom stereocenters. The summed E-state index contributed by atoms with van der Waals surface area (Å²) in [6.07, 6.45) is 1.50. The Morgan fingerprint density at radius 2 is 1.64 bits per heavy atom. The van der Waals surface area contributed by atoms with Crippen molar-refractivity contribution >= 4 is 12.1 Å². The zero-order chi connectivity index (χ0) is 23.6. The first-order valence-electron chi connectivity index (χ1n) is 11.0. The molecule has 3 rings (SSSR count). The van der Waals surface area contributed by atoms with E-state index in [1.807, 2.05) is 42.5 Å². The average Bonchev–Trinajstić information content (AvgIpc) is 2.87. The van der Waals surface area contributed by atoms with Crippen LogP contribution in [0, 0.1) is 5.92 Å². The smallest absolute Gasteiger partial charge is 0.410 e. The van der Waals surface area contributed by atoms with Crippen LogP contribution in [-0.2, 0) is 27.3 Å². The summed E-state index contributed by atoms with van der Waals surface area (Å²) < 4.78 is 27.0. The zero-order valence-electron chi connectivity index (χ0n) is 19.4. The summed E-state index contributed by atoms with van der Waals surface area (Å²) in [6, 6.07) is 13.2. The van der Waals surface area contributed by atoms with Crippen LogP contribution in [0.25, 0.3) is 0 Å². The largest absolute Gasteiger partial charge is 0.493 e. The maximum Gasteiger partial charge on any atom is 0.410 e. The fraction of sp³-hybridized carbons (Fsp3) is 0.440. The minimum atomic E-state index is -0.409. The second kappa shape index (κ2) is 12.0. The third kappa shape index (κ3) is 6.54. The van der Waals surface area contributed by atoms with E-state index in [2.05, 4.69) is 0 Å². The summed E-state index contributed by atoms with van der Waals surface area (Å²) in [5.74, 6) is 0.957. The number of ether oxygens (including phenoxy) is 5. The first kappa shape index (κ1) is 24.2. The lowest BCUT2D eigenvalue weighted by Gasteiger charge is -2.30. The lowest BCUT2D eigenvalue weighted by atomic mass is 9.98. The molecular formula is C25H31NO7. The predicted octanol–water partition coefficient (Wildman–Crippen LogP) is 3.85. The van der Waals surface area contributed by atoms with Gasteiger partial charge in [0.1, 0.15) is 6.61 Å². The standard InChI is InChI=1S/C25H31NO7/c1-29-21-14-19(15-22(30-2)23(21)31-3)11-13-32-24(27)20-10-7-12-26(16-20)25(28)33-17-18-8-5-4-6-9-18/h4-6,8-9,14-15,20H,7,10-13,16-17H2,1-3H3. The first-order chi connectivity index (χ1) is 16.0. The van der Waals surface area contributed by atoms with E-state index in [0.717, 1.165) is 17.5 Å². The quantitative estimate of drug-likeness (QED) is 0.529. The van der Waals surface area contributed by atoms with Gasteiger partial charge in [0.2, 0.25) is 5.75 Å². The molecule has 33 heavy (non-hydrogen) atoms. The molecule has 2 aromatic rings. The summed E-state index contributed by atoms with van der Waals surface area (Å²) in [5.41, 5.74) is 1.82. The van der Waals surface area contributed by atoms with Gasteiger partial charge in [-0.3, -0.25) is 4.79 Å². The fourth-order valence-electron chi connectivity index (χ4n) is 3.81. The van der Waals surface area contributed by atoms with Gasteiger partial charge in [0, 0.05) is 19.5 Å². The number of benzene rings is 2. The van der Waals surface area contributed by atoms with Crippen LogP contribution < -0.4 is 14.2 Å². The Bertz CT molecular complexity index is 907. The third-order valence-corrected chi connectivity index (χ3v) is 5.58. The Morgan fingerprint density at radius 1 is 0.939 bits per heavy atom. The van der Waals surface area contributed by atoms with Crippen LogP contribution in [0.4, 0.5) is 4.79 Å². The average molecular weight is 458 g/mol. The molecule has 0 N–H and O–H groups in total. The van der Waals surface area contributed by atoms with Gasteiger partial charge in [0.25, 0.3) is 0 Å². The number of carbonyl (C=O) groups is 2. The highest BCUT2D eigenvalue weighted by atomic mass is 16.6. The Hall–Kier alpha value is -3.42. The number of esters is 1. The van der Waals surface area contributed by atoms with Crippen molar-refractivity contribution in [3.8, 4) is 17.2 Å². The van der Waals surface area contributed by atoms with Crippen molar-refractivity contribution in [1.82, 2.24) is 4.90 Å². The molecule has 1 aliphatic rings. The summed E-state index contributed by atoms with van der Waals surface area (Å²) in [5, 5.41) is 0. The van der Waals surface area contributed by atoms with Crippen LogP contribution in [0.3, 0.4) is 0 Å². The van der Waals surface area contributed by atoms with Gasteiger partial charge in [-0.2, -0.15) is 0 Å². The Morgan fingerprint density at radius 3 is 2.27 bits per heavy atom. The van der Waals surface area contributed by atoms with Gasteiger partial charge in [-0.15, -0.1) is 0 Å². The van der Waals surface area contributed by atoms with Gasteiger partial charge in [-0.05, 0) is 36.1 Å². The monoisotopic (exact) mass is 457 g/mol. The van der Waals surface area contributed by atoms with E-state index in [4.69, 9.17) is 23.7 Å². The molecule has 1 atom stereocenters. The van der Waals surface area contributed by atoms with Gasteiger partial charge in [-0.1, -0.05) is 30.3 Å². The molecule has 1 fully saturated rings. The van der Waals surface area contributed by atoms with Gasteiger partial charge in [0.05, 0.1) is 33.9 Å². The van der Waals surface area contributed by atoms with Crippen LogP contribution in [0.5, 0.6) is 17.2 Å². The van der Waals surface area contributed by atoms with Crippen molar-refractivity contribution in [1.29, 1.82) is 0 Å². The molecule has 1 heterocycles. The molecule has 0 radical (unpaired) electrons. The predicted molar refractivity (Wildman–Crippen MR) is 122 cm³/mol. The van der Waals surface area contributed by atoms with Crippen molar-refractivity contribution in [2.45, 2.75) is 25.9 Å². The lowest BCUT2D eigenvalue weighted by molar-refractivity contribution is -0.150. The molecule has 0 aliphatic carbocycles. The van der Waals surface area contributed by atoms with Gasteiger partial charge >= 0.3 is 12.1 Å². The van der Waals surface area contributed by atoms with Crippen molar-refractivity contribution in [2.24, 2.45) is 5.92 Å². The van der Waals surface area contributed by atoms with Gasteiger partial charge < -0.3 is 28.6 Å². The van der Waals surface area contributed by atoms with Crippen molar-refractivity contribution in [3.63, 3.8) is 0 Å². The number of hydrogen-bond donors (Lipinski definition) is 0. The molecule has 1 amide bonds. The molecule has 8 nitrogen and oxygen atoms in total. The van der Waals surface area contributed by atoms with Gasteiger partial charge in [0.15, 0.2) is 11.5 Å².